The molecule has 0 spiro atoms. The van der Waals surface area contributed by atoms with Gasteiger partial charge in [-0.1, -0.05) is 17.7 Å². The largest absolute Gasteiger partial charge is 0.493 e. The van der Waals surface area contributed by atoms with Crippen molar-refractivity contribution in [3.05, 3.63) is 41.4 Å². The number of benzene rings is 1. The van der Waals surface area contributed by atoms with Crippen LogP contribution in [0.15, 0.2) is 30.9 Å². The second-order valence-electron chi connectivity index (χ2n) is 2.68. The molecule has 0 aliphatic rings. The summed E-state index contributed by atoms with van der Waals surface area (Å²) in [4.78, 5) is 0. The van der Waals surface area contributed by atoms with E-state index in [4.69, 9.17) is 21.6 Å². The average molecular weight is 208 g/mol. The second-order valence-corrected chi connectivity index (χ2v) is 3.09. The van der Waals surface area contributed by atoms with Crippen molar-refractivity contribution in [1.29, 1.82) is 5.26 Å². The van der Waals surface area contributed by atoms with Crippen LogP contribution in [0.1, 0.15) is 12.0 Å². The maximum absolute atomic E-state index is 8.63. The van der Waals surface area contributed by atoms with Crippen molar-refractivity contribution < 1.29 is 4.74 Å². The molecule has 0 N–H and O–H groups in total. The predicted octanol–water partition coefficient (Wildman–Crippen LogP) is 3.17. The third kappa shape index (κ3) is 2.79. The van der Waals surface area contributed by atoms with Crippen molar-refractivity contribution in [3.8, 4) is 11.8 Å². The summed E-state index contributed by atoms with van der Waals surface area (Å²) in [7, 11) is 0. The van der Waals surface area contributed by atoms with E-state index < -0.39 is 0 Å². The van der Waals surface area contributed by atoms with Crippen LogP contribution in [-0.4, -0.2) is 6.61 Å². The van der Waals surface area contributed by atoms with Gasteiger partial charge in [-0.25, -0.2) is 0 Å². The summed E-state index contributed by atoms with van der Waals surface area (Å²) >= 11 is 5.82. The van der Waals surface area contributed by atoms with Crippen molar-refractivity contribution in [1.82, 2.24) is 0 Å². The minimum Gasteiger partial charge on any atom is -0.493 e. The topological polar surface area (TPSA) is 33.0 Å². The van der Waals surface area contributed by atoms with Crippen LogP contribution in [-0.2, 0) is 0 Å². The molecule has 0 aliphatic heterocycles. The molecule has 0 unspecified atom stereocenters. The van der Waals surface area contributed by atoms with Gasteiger partial charge in [0.05, 0.1) is 17.2 Å². The van der Waals surface area contributed by atoms with Gasteiger partial charge >= 0.3 is 0 Å². The van der Waals surface area contributed by atoms with Gasteiger partial charge in [0, 0.05) is 6.07 Å². The second kappa shape index (κ2) is 5.31. The number of hydrogen-bond donors (Lipinski definition) is 0. The van der Waals surface area contributed by atoms with Gasteiger partial charge in [-0.3, -0.25) is 0 Å². The summed E-state index contributed by atoms with van der Waals surface area (Å²) in [5, 5.41) is 9.05. The highest BCUT2D eigenvalue weighted by molar-refractivity contribution is 6.31. The predicted molar refractivity (Wildman–Crippen MR) is 56.5 cm³/mol. The lowest BCUT2D eigenvalue weighted by Crippen LogP contribution is -1.95. The molecular weight excluding hydrogens is 198 g/mol. The molecule has 0 aliphatic carbocycles. The van der Waals surface area contributed by atoms with Gasteiger partial charge in [0.1, 0.15) is 11.8 Å². The number of hydrogen-bond acceptors (Lipinski definition) is 2. The van der Waals surface area contributed by atoms with E-state index in [1.165, 1.54) is 0 Å². The van der Waals surface area contributed by atoms with Crippen LogP contribution in [0.4, 0.5) is 0 Å². The van der Waals surface area contributed by atoms with E-state index in [-0.39, 0.29) is 0 Å². The smallest absolute Gasteiger partial charge is 0.120 e. The fraction of sp³-hybridized carbons (Fsp3) is 0.182. The molecule has 0 bridgehead atoms. The quantitative estimate of drug-likeness (QED) is 0.561. The average Bonchev–Trinajstić information content (AvgIpc) is 2.18. The van der Waals surface area contributed by atoms with Gasteiger partial charge in [-0.05, 0) is 18.6 Å². The Morgan fingerprint density at radius 3 is 2.93 bits per heavy atom. The Morgan fingerprint density at radius 2 is 2.36 bits per heavy atom. The summed E-state index contributed by atoms with van der Waals surface area (Å²) in [6, 6.07) is 7.00. The summed E-state index contributed by atoms with van der Waals surface area (Å²) in [5.74, 6) is 0.677. The lowest BCUT2D eigenvalue weighted by molar-refractivity contribution is 0.325. The highest BCUT2D eigenvalue weighted by Crippen LogP contribution is 2.21. The van der Waals surface area contributed by atoms with Crippen molar-refractivity contribution in [2.75, 3.05) is 6.61 Å². The van der Waals surface area contributed by atoms with Crippen molar-refractivity contribution in [2.45, 2.75) is 6.42 Å². The van der Waals surface area contributed by atoms with Crippen molar-refractivity contribution in [3.63, 3.8) is 0 Å². The van der Waals surface area contributed by atoms with E-state index in [1.807, 2.05) is 6.07 Å². The molecule has 0 saturated heterocycles. The van der Waals surface area contributed by atoms with Crippen molar-refractivity contribution >= 4 is 11.6 Å². The molecule has 1 aromatic rings. The highest BCUT2D eigenvalue weighted by atomic mass is 35.5. The van der Waals surface area contributed by atoms with E-state index in [0.29, 0.717) is 22.9 Å². The number of nitriles is 1. The lowest BCUT2D eigenvalue weighted by atomic mass is 10.2. The molecule has 1 aromatic carbocycles. The molecule has 2 nitrogen and oxygen atoms in total. The first kappa shape index (κ1) is 10.6. The number of nitrogens with zero attached hydrogens (tertiary/aromatic N) is 1. The maximum atomic E-state index is 8.63. The fourth-order valence-corrected chi connectivity index (χ4v) is 1.15. The van der Waals surface area contributed by atoms with E-state index >= 15 is 0 Å². The summed E-state index contributed by atoms with van der Waals surface area (Å²) in [6.45, 7) is 4.16. The zero-order valence-corrected chi connectivity index (χ0v) is 8.42. The van der Waals surface area contributed by atoms with E-state index in [9.17, 15) is 0 Å². The highest BCUT2D eigenvalue weighted by Gasteiger charge is 2.00. The van der Waals surface area contributed by atoms with Gasteiger partial charge in [-0.2, -0.15) is 5.26 Å². The molecule has 0 aromatic heterocycles. The standard InChI is InChI=1S/C11H10ClNO/c1-2-3-6-14-10-5-4-9(8-13)11(12)7-10/h2,4-5,7H,1,3,6H2. The molecule has 0 heterocycles. The SMILES string of the molecule is C=CCCOc1ccc(C#N)c(Cl)c1. The molecule has 0 atom stereocenters. The third-order valence-corrected chi connectivity index (χ3v) is 1.96. The van der Waals surface area contributed by atoms with Gasteiger partial charge in [0.25, 0.3) is 0 Å². The Hall–Kier alpha value is -1.46. The third-order valence-electron chi connectivity index (χ3n) is 1.65. The van der Waals surface area contributed by atoms with Gasteiger partial charge in [-0.15, -0.1) is 6.58 Å². The van der Waals surface area contributed by atoms with E-state index in [0.717, 1.165) is 6.42 Å². The molecular formula is C11H10ClNO. The number of ether oxygens (including phenoxy) is 1. The van der Waals surface area contributed by atoms with Crippen LogP contribution in [0, 0.1) is 11.3 Å². The first-order chi connectivity index (χ1) is 6.77. The summed E-state index contributed by atoms with van der Waals surface area (Å²) in [5.41, 5.74) is 0.461. The Labute approximate surface area is 88.4 Å². The van der Waals surface area contributed by atoms with E-state index in [2.05, 4.69) is 6.58 Å². The molecule has 0 fully saturated rings. The first-order valence-corrected chi connectivity index (χ1v) is 4.59. The van der Waals surface area contributed by atoms with Crippen LogP contribution in [0.25, 0.3) is 0 Å². The zero-order chi connectivity index (χ0) is 10.4. The monoisotopic (exact) mass is 207 g/mol. The molecule has 14 heavy (non-hydrogen) atoms. The molecule has 0 saturated carbocycles. The number of halogens is 1. The Balaban J connectivity index is 2.67. The van der Waals surface area contributed by atoms with E-state index in [1.54, 1.807) is 24.3 Å². The van der Waals surface area contributed by atoms with Gasteiger partial charge in [0.15, 0.2) is 0 Å². The van der Waals surface area contributed by atoms with Crippen LogP contribution in [0.3, 0.4) is 0 Å². The molecule has 3 heteroatoms. The normalized spacial score (nSPS) is 9.14. The number of rotatable bonds is 4. The zero-order valence-electron chi connectivity index (χ0n) is 7.66. The maximum Gasteiger partial charge on any atom is 0.120 e. The van der Waals surface area contributed by atoms with Gasteiger partial charge < -0.3 is 4.74 Å². The lowest BCUT2D eigenvalue weighted by Gasteiger charge is -2.04. The summed E-state index contributed by atoms with van der Waals surface area (Å²) in [6.07, 6.45) is 2.57. The van der Waals surface area contributed by atoms with Crippen molar-refractivity contribution in [2.24, 2.45) is 0 Å². The van der Waals surface area contributed by atoms with Crippen LogP contribution in [0.2, 0.25) is 5.02 Å². The fourth-order valence-electron chi connectivity index (χ4n) is 0.936. The Morgan fingerprint density at radius 1 is 1.57 bits per heavy atom. The minimum absolute atomic E-state index is 0.420. The van der Waals surface area contributed by atoms with Crippen LogP contribution in [0.5, 0.6) is 5.75 Å². The van der Waals surface area contributed by atoms with Crippen LogP contribution >= 0.6 is 11.6 Å². The molecule has 72 valence electrons. The summed E-state index contributed by atoms with van der Waals surface area (Å²) < 4.78 is 5.36. The molecule has 1 rings (SSSR count). The van der Waals surface area contributed by atoms with Gasteiger partial charge in [0.2, 0.25) is 0 Å². The van der Waals surface area contributed by atoms with Crippen LogP contribution < -0.4 is 4.74 Å². The first-order valence-electron chi connectivity index (χ1n) is 4.21. The minimum atomic E-state index is 0.420. The Kier molecular flexibility index (Phi) is 4.03. The Bertz CT molecular complexity index is 368. The molecule has 0 radical (unpaired) electrons. The molecule has 0 amide bonds.